The van der Waals surface area contributed by atoms with Crippen LogP contribution < -0.4 is 10.6 Å². The van der Waals surface area contributed by atoms with E-state index < -0.39 is 0 Å². The van der Waals surface area contributed by atoms with Gasteiger partial charge in [-0.05, 0) is 42.8 Å². The number of carbonyl (C=O) groups is 2. The monoisotopic (exact) mass is 454 g/mol. The molecule has 2 N–H and O–H groups in total. The minimum Gasteiger partial charge on any atom is -0.322 e. The molecule has 0 aliphatic carbocycles. The van der Waals surface area contributed by atoms with Gasteiger partial charge in [0.05, 0.1) is 5.69 Å². The summed E-state index contributed by atoms with van der Waals surface area (Å²) in [7, 11) is 0. The Balaban J connectivity index is 1.61. The molecule has 4 rings (SSSR count). The predicted octanol–water partition coefficient (Wildman–Crippen LogP) is 4.77. The third kappa shape index (κ3) is 5.01. The topological polar surface area (TPSA) is 102 Å². The third-order valence-corrected chi connectivity index (χ3v) is 5.24. The van der Waals surface area contributed by atoms with Gasteiger partial charge in [0, 0.05) is 40.7 Å². The lowest BCUT2D eigenvalue weighted by atomic mass is 9.92. The molecule has 0 bridgehead atoms. The van der Waals surface area contributed by atoms with E-state index in [4.69, 9.17) is 0 Å². The maximum absolute atomic E-state index is 13.2. The Morgan fingerprint density at radius 2 is 1.50 bits per heavy atom. The molecule has 2 aromatic carbocycles. The van der Waals surface area contributed by atoms with Crippen molar-refractivity contribution in [3.05, 3.63) is 95.4 Å². The van der Waals surface area contributed by atoms with Gasteiger partial charge >= 0.3 is 0 Å². The van der Waals surface area contributed by atoms with Crippen LogP contribution in [-0.2, 0) is 5.41 Å². The number of hydrogen-bond acceptors (Lipinski definition) is 5. The van der Waals surface area contributed by atoms with Crippen LogP contribution in [0.3, 0.4) is 0 Å². The number of rotatable bonds is 5. The van der Waals surface area contributed by atoms with E-state index in [1.54, 1.807) is 60.9 Å². The first kappa shape index (κ1) is 22.8. The van der Waals surface area contributed by atoms with Crippen molar-refractivity contribution >= 4 is 23.3 Å². The zero-order valence-corrected chi connectivity index (χ0v) is 19.5. The van der Waals surface area contributed by atoms with Crippen molar-refractivity contribution < 1.29 is 9.59 Å². The maximum Gasteiger partial charge on any atom is 0.256 e. The third-order valence-electron chi connectivity index (χ3n) is 5.24. The summed E-state index contributed by atoms with van der Waals surface area (Å²) in [4.78, 5) is 34.3. The quantitative estimate of drug-likeness (QED) is 0.452. The minimum atomic E-state index is -0.340. The second-order valence-corrected chi connectivity index (χ2v) is 8.93. The van der Waals surface area contributed by atoms with E-state index in [0.717, 1.165) is 11.3 Å². The Bertz CT molecular complexity index is 1320. The molecule has 34 heavy (non-hydrogen) atoms. The highest BCUT2D eigenvalue weighted by molar-refractivity contribution is 6.07. The molecule has 8 nitrogen and oxygen atoms in total. The first-order valence-electron chi connectivity index (χ1n) is 10.9. The lowest BCUT2D eigenvalue weighted by molar-refractivity contribution is 0.101. The van der Waals surface area contributed by atoms with Crippen LogP contribution in [0.2, 0.25) is 0 Å². The van der Waals surface area contributed by atoms with Gasteiger partial charge in [-0.15, -0.1) is 0 Å². The summed E-state index contributed by atoms with van der Waals surface area (Å²) in [5.41, 5.74) is 2.90. The van der Waals surface area contributed by atoms with Gasteiger partial charge in [0.15, 0.2) is 0 Å². The van der Waals surface area contributed by atoms with Crippen LogP contribution in [0.15, 0.2) is 73.1 Å². The van der Waals surface area contributed by atoms with Crippen LogP contribution in [0.5, 0.6) is 0 Å². The molecular formula is C26H26N6O2. The van der Waals surface area contributed by atoms with Crippen LogP contribution in [0, 0.1) is 6.92 Å². The smallest absolute Gasteiger partial charge is 0.256 e. The summed E-state index contributed by atoms with van der Waals surface area (Å²) in [5.74, 6) is 0.229. The number of amides is 2. The van der Waals surface area contributed by atoms with Gasteiger partial charge in [-0.25, -0.2) is 9.97 Å². The van der Waals surface area contributed by atoms with Crippen LogP contribution in [0.4, 0.5) is 11.5 Å². The molecule has 2 aromatic heterocycles. The lowest BCUT2D eigenvalue weighted by Gasteiger charge is -2.13. The van der Waals surface area contributed by atoms with Gasteiger partial charge < -0.3 is 10.6 Å². The molecule has 0 saturated heterocycles. The highest BCUT2D eigenvalue weighted by atomic mass is 16.2. The summed E-state index contributed by atoms with van der Waals surface area (Å²) in [6.45, 7) is 8.00. The summed E-state index contributed by atoms with van der Waals surface area (Å²) in [6, 6.07) is 17.6. The Kier molecular flexibility index (Phi) is 6.23. The average Bonchev–Trinajstić information content (AvgIpc) is 3.26. The molecule has 172 valence electrons. The second kappa shape index (κ2) is 9.27. The van der Waals surface area contributed by atoms with E-state index in [2.05, 4.69) is 25.7 Å². The Morgan fingerprint density at radius 3 is 2.18 bits per heavy atom. The number of aryl methyl sites for hydroxylation is 1. The average molecular weight is 455 g/mol. The Labute approximate surface area is 198 Å². The van der Waals surface area contributed by atoms with Crippen molar-refractivity contribution in [1.82, 2.24) is 19.7 Å². The molecule has 0 radical (unpaired) electrons. The fraction of sp³-hybridized carbons (Fsp3) is 0.192. The summed E-state index contributed by atoms with van der Waals surface area (Å²) in [5, 5.41) is 10.4. The largest absolute Gasteiger partial charge is 0.322 e. The first-order valence-corrected chi connectivity index (χ1v) is 10.9. The molecular weight excluding hydrogens is 428 g/mol. The molecule has 2 heterocycles. The summed E-state index contributed by atoms with van der Waals surface area (Å²) >= 11 is 0. The van der Waals surface area contributed by atoms with Crippen molar-refractivity contribution in [2.45, 2.75) is 33.1 Å². The van der Waals surface area contributed by atoms with E-state index in [-0.39, 0.29) is 17.2 Å². The van der Waals surface area contributed by atoms with Crippen molar-refractivity contribution in [2.75, 3.05) is 10.6 Å². The zero-order chi connectivity index (χ0) is 24.3. The van der Waals surface area contributed by atoms with Crippen molar-refractivity contribution in [3.63, 3.8) is 0 Å². The number of nitrogens with one attached hydrogen (secondary N) is 2. The predicted molar refractivity (Wildman–Crippen MR) is 131 cm³/mol. The van der Waals surface area contributed by atoms with E-state index in [1.807, 2.05) is 39.8 Å². The van der Waals surface area contributed by atoms with E-state index in [1.165, 1.54) is 4.68 Å². The fourth-order valence-corrected chi connectivity index (χ4v) is 3.26. The van der Waals surface area contributed by atoms with Crippen molar-refractivity contribution in [3.8, 4) is 5.95 Å². The maximum atomic E-state index is 13.2. The lowest BCUT2D eigenvalue weighted by Crippen LogP contribution is -2.17. The standard InChI is InChI=1S/C26H26N6O2/c1-17-11-12-19(15-20(17)29-23(33)18-9-6-5-7-10-18)24(34)30-22-16-21(26(2,3)4)31-32(22)25-27-13-8-14-28-25/h5-16H,1-4H3,(H,29,33)(H,30,34). The van der Waals surface area contributed by atoms with Gasteiger partial charge in [0.2, 0.25) is 0 Å². The molecule has 0 aliphatic rings. The number of aromatic nitrogens is 4. The van der Waals surface area contributed by atoms with Crippen LogP contribution in [0.1, 0.15) is 52.7 Å². The first-order chi connectivity index (χ1) is 16.2. The van der Waals surface area contributed by atoms with Crippen LogP contribution >= 0.6 is 0 Å². The van der Waals surface area contributed by atoms with Crippen LogP contribution in [0.25, 0.3) is 5.95 Å². The number of nitrogens with zero attached hydrogens (tertiary/aromatic N) is 4. The van der Waals surface area contributed by atoms with Gasteiger partial charge in [-0.1, -0.05) is 45.0 Å². The highest BCUT2D eigenvalue weighted by Crippen LogP contribution is 2.26. The molecule has 0 aliphatic heterocycles. The minimum absolute atomic E-state index is 0.238. The molecule has 8 heteroatoms. The van der Waals surface area contributed by atoms with E-state index >= 15 is 0 Å². The fourth-order valence-electron chi connectivity index (χ4n) is 3.26. The normalized spacial score (nSPS) is 11.2. The Hall–Kier alpha value is -4.33. The molecule has 4 aromatic rings. The van der Waals surface area contributed by atoms with Gasteiger partial charge in [-0.2, -0.15) is 9.78 Å². The molecule has 0 spiro atoms. The SMILES string of the molecule is Cc1ccc(C(=O)Nc2cc(C(C)(C)C)nn2-c2ncccn2)cc1NC(=O)c1ccccc1. The number of benzene rings is 2. The van der Waals surface area contributed by atoms with Crippen molar-refractivity contribution in [1.29, 1.82) is 0 Å². The van der Waals surface area contributed by atoms with E-state index in [9.17, 15) is 9.59 Å². The second-order valence-electron chi connectivity index (χ2n) is 8.93. The number of hydrogen-bond donors (Lipinski definition) is 2. The van der Waals surface area contributed by atoms with Crippen molar-refractivity contribution in [2.24, 2.45) is 0 Å². The summed E-state index contributed by atoms with van der Waals surface area (Å²) in [6.07, 6.45) is 3.24. The molecule has 0 atom stereocenters. The summed E-state index contributed by atoms with van der Waals surface area (Å²) < 4.78 is 1.52. The van der Waals surface area contributed by atoms with Gasteiger partial charge in [-0.3, -0.25) is 9.59 Å². The van der Waals surface area contributed by atoms with Gasteiger partial charge in [0.25, 0.3) is 17.8 Å². The van der Waals surface area contributed by atoms with Crippen LogP contribution in [-0.4, -0.2) is 31.6 Å². The molecule has 2 amide bonds. The Morgan fingerprint density at radius 1 is 0.824 bits per heavy atom. The molecule has 0 saturated carbocycles. The highest BCUT2D eigenvalue weighted by Gasteiger charge is 2.23. The number of anilines is 2. The zero-order valence-electron chi connectivity index (χ0n) is 19.5. The molecule has 0 fully saturated rings. The van der Waals surface area contributed by atoms with E-state index in [0.29, 0.717) is 28.6 Å². The molecule has 0 unspecified atom stereocenters. The number of carbonyl (C=O) groups excluding carboxylic acids is 2. The van der Waals surface area contributed by atoms with Gasteiger partial charge in [0.1, 0.15) is 5.82 Å².